The number of amides is 1. The Morgan fingerprint density at radius 2 is 2.00 bits per heavy atom. The van der Waals surface area contributed by atoms with Gasteiger partial charge in [-0.25, -0.2) is 0 Å². The summed E-state index contributed by atoms with van der Waals surface area (Å²) in [5, 5.41) is 14.3. The zero-order valence-corrected chi connectivity index (χ0v) is 8.58. The van der Waals surface area contributed by atoms with Crippen LogP contribution in [0.5, 0.6) is 0 Å². The summed E-state index contributed by atoms with van der Waals surface area (Å²) in [7, 11) is 1.83. The first-order valence-corrected chi connectivity index (χ1v) is 4.71. The van der Waals surface area contributed by atoms with Crippen LogP contribution in [0, 0.1) is 11.3 Å². The molecule has 0 heterocycles. The number of hydrogen-bond acceptors (Lipinski definition) is 3. The molecule has 78 valence electrons. The van der Waals surface area contributed by atoms with Crippen molar-refractivity contribution < 1.29 is 4.79 Å². The lowest BCUT2D eigenvalue weighted by Gasteiger charge is -2.04. The number of hydrogen-bond donors (Lipinski definition) is 2. The van der Waals surface area contributed by atoms with Crippen molar-refractivity contribution in [2.45, 2.75) is 0 Å². The molecule has 2 N–H and O–H groups in total. The Morgan fingerprint density at radius 1 is 1.33 bits per heavy atom. The van der Waals surface area contributed by atoms with E-state index in [2.05, 4.69) is 10.6 Å². The Kier molecular flexibility index (Phi) is 4.32. The highest BCUT2D eigenvalue weighted by Crippen LogP contribution is 2.02. The molecular formula is C11H13N3O. The lowest BCUT2D eigenvalue weighted by Crippen LogP contribution is -2.30. The van der Waals surface area contributed by atoms with Gasteiger partial charge in [0.25, 0.3) is 5.91 Å². The van der Waals surface area contributed by atoms with Gasteiger partial charge in [-0.3, -0.25) is 4.79 Å². The van der Waals surface area contributed by atoms with Crippen molar-refractivity contribution in [3.05, 3.63) is 35.4 Å². The first-order valence-electron chi connectivity index (χ1n) is 4.71. The fourth-order valence-corrected chi connectivity index (χ4v) is 1.10. The first-order chi connectivity index (χ1) is 7.27. The smallest absolute Gasteiger partial charge is 0.251 e. The molecule has 0 aliphatic carbocycles. The highest BCUT2D eigenvalue weighted by molar-refractivity contribution is 5.94. The predicted molar refractivity (Wildman–Crippen MR) is 57.4 cm³/mol. The third-order valence-corrected chi connectivity index (χ3v) is 1.94. The van der Waals surface area contributed by atoms with Gasteiger partial charge in [0.15, 0.2) is 0 Å². The Labute approximate surface area is 88.9 Å². The SMILES string of the molecule is CNCCNC(=O)c1ccc(C#N)cc1. The highest BCUT2D eigenvalue weighted by atomic mass is 16.1. The molecule has 0 saturated heterocycles. The minimum atomic E-state index is -0.116. The number of nitriles is 1. The monoisotopic (exact) mass is 203 g/mol. The van der Waals surface area contributed by atoms with E-state index in [1.165, 1.54) is 0 Å². The van der Waals surface area contributed by atoms with Gasteiger partial charge in [0.2, 0.25) is 0 Å². The van der Waals surface area contributed by atoms with Crippen LogP contribution >= 0.6 is 0 Å². The maximum atomic E-state index is 11.5. The van der Waals surface area contributed by atoms with Crippen LogP contribution in [-0.2, 0) is 0 Å². The number of carbonyl (C=O) groups is 1. The predicted octanol–water partition coefficient (Wildman–Crippen LogP) is 0.507. The second-order valence-electron chi connectivity index (χ2n) is 3.05. The van der Waals surface area contributed by atoms with Gasteiger partial charge in [0.05, 0.1) is 11.6 Å². The van der Waals surface area contributed by atoms with Gasteiger partial charge in [-0.1, -0.05) is 0 Å². The molecule has 4 heteroatoms. The third kappa shape index (κ3) is 3.41. The molecule has 0 aliphatic heterocycles. The molecule has 4 nitrogen and oxygen atoms in total. The minimum absolute atomic E-state index is 0.116. The quantitative estimate of drug-likeness (QED) is 0.701. The Hall–Kier alpha value is -1.86. The van der Waals surface area contributed by atoms with E-state index in [4.69, 9.17) is 5.26 Å². The van der Waals surface area contributed by atoms with Crippen molar-refractivity contribution in [1.82, 2.24) is 10.6 Å². The maximum Gasteiger partial charge on any atom is 0.251 e. The number of rotatable bonds is 4. The van der Waals surface area contributed by atoms with Gasteiger partial charge in [-0.15, -0.1) is 0 Å². The van der Waals surface area contributed by atoms with Crippen LogP contribution in [0.4, 0.5) is 0 Å². The Bertz CT molecular complexity index is 364. The Balaban J connectivity index is 2.55. The molecule has 1 rings (SSSR count). The minimum Gasteiger partial charge on any atom is -0.351 e. The van der Waals surface area contributed by atoms with Crippen LogP contribution < -0.4 is 10.6 Å². The second-order valence-corrected chi connectivity index (χ2v) is 3.05. The van der Waals surface area contributed by atoms with Crippen molar-refractivity contribution >= 4 is 5.91 Å². The lowest BCUT2D eigenvalue weighted by atomic mass is 10.1. The van der Waals surface area contributed by atoms with Crippen molar-refractivity contribution in [3.63, 3.8) is 0 Å². The summed E-state index contributed by atoms with van der Waals surface area (Å²) in [5.41, 5.74) is 1.13. The standard InChI is InChI=1S/C11H13N3O/c1-13-6-7-14-11(15)10-4-2-9(8-12)3-5-10/h2-5,13H,6-7H2,1H3,(H,14,15). The van der Waals surface area contributed by atoms with Crippen LogP contribution in [0.25, 0.3) is 0 Å². The molecule has 0 aliphatic rings. The topological polar surface area (TPSA) is 64.9 Å². The van der Waals surface area contributed by atoms with E-state index in [1.54, 1.807) is 24.3 Å². The van der Waals surface area contributed by atoms with E-state index in [9.17, 15) is 4.79 Å². The van der Waals surface area contributed by atoms with Crippen LogP contribution in [0.2, 0.25) is 0 Å². The molecule has 15 heavy (non-hydrogen) atoms. The molecule has 0 spiro atoms. The van der Waals surface area contributed by atoms with Crippen molar-refractivity contribution in [2.75, 3.05) is 20.1 Å². The molecule has 0 atom stereocenters. The van der Waals surface area contributed by atoms with Crippen LogP contribution in [0.15, 0.2) is 24.3 Å². The van der Waals surface area contributed by atoms with E-state index < -0.39 is 0 Å². The summed E-state index contributed by atoms with van der Waals surface area (Å²) in [6.07, 6.45) is 0. The highest BCUT2D eigenvalue weighted by Gasteiger charge is 2.03. The summed E-state index contributed by atoms with van der Waals surface area (Å²) < 4.78 is 0. The van der Waals surface area contributed by atoms with Crippen LogP contribution in [0.3, 0.4) is 0 Å². The van der Waals surface area contributed by atoms with Crippen molar-refractivity contribution in [3.8, 4) is 6.07 Å². The summed E-state index contributed by atoms with van der Waals surface area (Å²) in [5.74, 6) is -0.116. The molecule has 0 fully saturated rings. The summed E-state index contributed by atoms with van der Waals surface area (Å²) in [4.78, 5) is 11.5. The Morgan fingerprint density at radius 3 is 2.53 bits per heavy atom. The van der Waals surface area contributed by atoms with Crippen LogP contribution in [0.1, 0.15) is 15.9 Å². The van der Waals surface area contributed by atoms with Gasteiger partial charge in [-0.05, 0) is 31.3 Å². The van der Waals surface area contributed by atoms with E-state index in [1.807, 2.05) is 13.1 Å². The molecular weight excluding hydrogens is 190 g/mol. The molecule has 0 aromatic heterocycles. The third-order valence-electron chi connectivity index (χ3n) is 1.94. The number of carbonyl (C=O) groups excluding carboxylic acids is 1. The van der Waals surface area contributed by atoms with Gasteiger partial charge in [-0.2, -0.15) is 5.26 Å². The van der Waals surface area contributed by atoms with Crippen molar-refractivity contribution in [1.29, 1.82) is 5.26 Å². The molecule has 0 radical (unpaired) electrons. The van der Waals surface area contributed by atoms with Gasteiger partial charge >= 0.3 is 0 Å². The molecule has 0 saturated carbocycles. The van der Waals surface area contributed by atoms with E-state index in [-0.39, 0.29) is 5.91 Å². The number of nitrogens with one attached hydrogen (secondary N) is 2. The molecule has 1 aromatic carbocycles. The normalized spacial score (nSPS) is 9.33. The average molecular weight is 203 g/mol. The number of likely N-dealkylation sites (N-methyl/N-ethyl adjacent to an activating group) is 1. The van der Waals surface area contributed by atoms with E-state index in [0.717, 1.165) is 6.54 Å². The number of nitrogens with zero attached hydrogens (tertiary/aromatic N) is 1. The molecule has 1 amide bonds. The van der Waals surface area contributed by atoms with Crippen LogP contribution in [-0.4, -0.2) is 26.0 Å². The lowest BCUT2D eigenvalue weighted by molar-refractivity contribution is 0.0954. The maximum absolute atomic E-state index is 11.5. The summed E-state index contributed by atoms with van der Waals surface area (Å²) in [6, 6.07) is 8.56. The van der Waals surface area contributed by atoms with Gasteiger partial charge in [0, 0.05) is 18.7 Å². The zero-order chi connectivity index (χ0) is 11.1. The summed E-state index contributed by atoms with van der Waals surface area (Å²) in [6.45, 7) is 1.33. The van der Waals surface area contributed by atoms with Crippen molar-refractivity contribution in [2.24, 2.45) is 0 Å². The van der Waals surface area contributed by atoms with Gasteiger partial charge < -0.3 is 10.6 Å². The fraction of sp³-hybridized carbons (Fsp3) is 0.273. The molecule has 0 unspecified atom stereocenters. The largest absolute Gasteiger partial charge is 0.351 e. The van der Waals surface area contributed by atoms with E-state index in [0.29, 0.717) is 17.7 Å². The average Bonchev–Trinajstić information content (AvgIpc) is 2.29. The molecule has 1 aromatic rings. The van der Waals surface area contributed by atoms with Gasteiger partial charge in [0.1, 0.15) is 0 Å². The zero-order valence-electron chi connectivity index (χ0n) is 8.58. The molecule has 0 bridgehead atoms. The summed E-state index contributed by atoms with van der Waals surface area (Å²) >= 11 is 0. The second kappa shape index (κ2) is 5.78. The first kappa shape index (κ1) is 11.2. The van der Waals surface area contributed by atoms with E-state index >= 15 is 0 Å². The number of benzene rings is 1. The fourth-order valence-electron chi connectivity index (χ4n) is 1.10.